The Kier molecular flexibility index (Phi) is 4.36. The van der Waals surface area contributed by atoms with Gasteiger partial charge in [0.25, 0.3) is 5.91 Å². The minimum atomic E-state index is -0.0917. The summed E-state index contributed by atoms with van der Waals surface area (Å²) in [4.78, 5) is 11.7. The van der Waals surface area contributed by atoms with Crippen LogP contribution in [0.15, 0.2) is 23.1 Å². The third-order valence-electron chi connectivity index (χ3n) is 2.70. The van der Waals surface area contributed by atoms with Gasteiger partial charge in [-0.2, -0.15) is 10.2 Å². The Morgan fingerprint density at radius 1 is 1.47 bits per heavy atom. The Labute approximate surface area is 119 Å². The fraction of sp³-hybridized carbons (Fsp3) is 0.417. The fourth-order valence-electron chi connectivity index (χ4n) is 1.69. The van der Waals surface area contributed by atoms with Gasteiger partial charge in [-0.05, 0) is 29.3 Å². The molecule has 0 aliphatic heterocycles. The molecule has 0 unspecified atom stereocenters. The number of aromatic nitrogens is 4. The molecule has 7 heteroatoms. The molecule has 2 heterocycles. The number of halogens is 1. The number of nitrogens with one attached hydrogen (secondary N) is 1. The summed E-state index contributed by atoms with van der Waals surface area (Å²) in [6.07, 6.45) is 6.03. The molecule has 0 fully saturated rings. The molecule has 102 valence electrons. The monoisotopic (exact) mass is 325 g/mol. The Morgan fingerprint density at radius 2 is 2.26 bits per heavy atom. The zero-order valence-corrected chi connectivity index (χ0v) is 12.5. The topological polar surface area (TPSA) is 64.7 Å². The SMILES string of the molecule is Cc1nn(CCCNC(=O)c2cnn(C)c2)cc1Br. The van der Waals surface area contributed by atoms with Gasteiger partial charge in [0.05, 0.1) is 21.9 Å². The van der Waals surface area contributed by atoms with Gasteiger partial charge >= 0.3 is 0 Å². The van der Waals surface area contributed by atoms with Gasteiger partial charge in [0.15, 0.2) is 0 Å². The number of carbonyl (C=O) groups is 1. The molecule has 6 nitrogen and oxygen atoms in total. The number of nitrogens with zero attached hydrogens (tertiary/aromatic N) is 4. The highest BCUT2D eigenvalue weighted by molar-refractivity contribution is 9.10. The van der Waals surface area contributed by atoms with Crippen LogP contribution in [0.4, 0.5) is 0 Å². The van der Waals surface area contributed by atoms with E-state index in [0.29, 0.717) is 12.1 Å². The maximum absolute atomic E-state index is 11.7. The largest absolute Gasteiger partial charge is 0.352 e. The average Bonchev–Trinajstić information content (AvgIpc) is 2.92. The van der Waals surface area contributed by atoms with Gasteiger partial charge in [-0.15, -0.1) is 0 Å². The molecule has 0 saturated carbocycles. The number of hydrogen-bond acceptors (Lipinski definition) is 3. The molecule has 0 spiro atoms. The first-order valence-electron chi connectivity index (χ1n) is 6.02. The van der Waals surface area contributed by atoms with E-state index in [4.69, 9.17) is 0 Å². The molecule has 0 bridgehead atoms. The van der Waals surface area contributed by atoms with Crippen LogP contribution in [-0.4, -0.2) is 32.0 Å². The van der Waals surface area contributed by atoms with Gasteiger partial charge in [-0.25, -0.2) is 0 Å². The normalized spacial score (nSPS) is 10.7. The van der Waals surface area contributed by atoms with Crippen LogP contribution >= 0.6 is 15.9 Å². The van der Waals surface area contributed by atoms with Crippen molar-refractivity contribution in [3.05, 3.63) is 34.3 Å². The van der Waals surface area contributed by atoms with E-state index in [1.165, 1.54) is 0 Å². The summed E-state index contributed by atoms with van der Waals surface area (Å²) in [5, 5.41) is 11.2. The highest BCUT2D eigenvalue weighted by atomic mass is 79.9. The molecule has 2 rings (SSSR count). The van der Waals surface area contributed by atoms with Crippen molar-refractivity contribution in [1.29, 1.82) is 0 Å². The van der Waals surface area contributed by atoms with Crippen LogP contribution in [0.25, 0.3) is 0 Å². The second-order valence-electron chi connectivity index (χ2n) is 4.34. The maximum atomic E-state index is 11.7. The second kappa shape index (κ2) is 6.01. The summed E-state index contributed by atoms with van der Waals surface area (Å²) >= 11 is 3.42. The minimum Gasteiger partial charge on any atom is -0.352 e. The summed E-state index contributed by atoms with van der Waals surface area (Å²) in [5.74, 6) is -0.0917. The van der Waals surface area contributed by atoms with Gasteiger partial charge in [0, 0.05) is 32.5 Å². The van der Waals surface area contributed by atoms with Crippen molar-refractivity contribution < 1.29 is 4.79 Å². The number of amides is 1. The Morgan fingerprint density at radius 3 is 2.84 bits per heavy atom. The lowest BCUT2D eigenvalue weighted by Crippen LogP contribution is -2.25. The van der Waals surface area contributed by atoms with Gasteiger partial charge < -0.3 is 5.32 Å². The van der Waals surface area contributed by atoms with E-state index in [0.717, 1.165) is 23.1 Å². The zero-order chi connectivity index (χ0) is 13.8. The van der Waals surface area contributed by atoms with Crippen molar-refractivity contribution in [2.45, 2.75) is 19.9 Å². The number of aryl methyl sites for hydroxylation is 3. The van der Waals surface area contributed by atoms with Crippen LogP contribution in [0.1, 0.15) is 22.5 Å². The quantitative estimate of drug-likeness (QED) is 0.847. The first-order chi connectivity index (χ1) is 9.06. The van der Waals surface area contributed by atoms with Crippen molar-refractivity contribution in [3.8, 4) is 0 Å². The Hall–Kier alpha value is -1.63. The molecule has 2 aromatic heterocycles. The zero-order valence-electron chi connectivity index (χ0n) is 10.9. The minimum absolute atomic E-state index is 0.0917. The van der Waals surface area contributed by atoms with Crippen molar-refractivity contribution in [1.82, 2.24) is 24.9 Å². The van der Waals surface area contributed by atoms with Crippen LogP contribution in [-0.2, 0) is 13.6 Å². The van der Waals surface area contributed by atoms with Crippen LogP contribution in [0, 0.1) is 6.92 Å². The summed E-state index contributed by atoms with van der Waals surface area (Å²) in [7, 11) is 1.79. The summed E-state index contributed by atoms with van der Waals surface area (Å²) in [6, 6.07) is 0. The molecular weight excluding hydrogens is 310 g/mol. The third-order valence-corrected chi connectivity index (χ3v) is 3.48. The van der Waals surface area contributed by atoms with Crippen molar-refractivity contribution >= 4 is 21.8 Å². The first-order valence-corrected chi connectivity index (χ1v) is 6.82. The first kappa shape index (κ1) is 13.8. The lowest BCUT2D eigenvalue weighted by molar-refractivity contribution is 0.0952. The maximum Gasteiger partial charge on any atom is 0.254 e. The van der Waals surface area contributed by atoms with E-state index in [2.05, 4.69) is 31.4 Å². The van der Waals surface area contributed by atoms with Crippen LogP contribution in [0.3, 0.4) is 0 Å². The van der Waals surface area contributed by atoms with Crippen LogP contribution < -0.4 is 5.32 Å². The highest BCUT2D eigenvalue weighted by Gasteiger charge is 2.06. The Bertz CT molecular complexity index is 555. The molecular formula is C12H16BrN5O. The van der Waals surface area contributed by atoms with E-state index in [-0.39, 0.29) is 5.91 Å². The van der Waals surface area contributed by atoms with Crippen molar-refractivity contribution in [2.75, 3.05) is 6.54 Å². The third kappa shape index (κ3) is 3.66. The van der Waals surface area contributed by atoms with E-state index in [1.54, 1.807) is 24.1 Å². The van der Waals surface area contributed by atoms with Crippen LogP contribution in [0.2, 0.25) is 0 Å². The molecule has 1 amide bonds. The summed E-state index contributed by atoms with van der Waals surface area (Å²) in [6.45, 7) is 3.34. The standard InChI is InChI=1S/C12H16BrN5O/c1-9-11(13)8-18(16-9)5-3-4-14-12(19)10-6-15-17(2)7-10/h6-8H,3-5H2,1-2H3,(H,14,19). The molecule has 19 heavy (non-hydrogen) atoms. The lowest BCUT2D eigenvalue weighted by atomic mass is 10.3. The predicted octanol–water partition coefficient (Wildman–Crippen LogP) is 1.51. The lowest BCUT2D eigenvalue weighted by Gasteiger charge is -2.03. The Balaban J connectivity index is 1.73. The van der Waals surface area contributed by atoms with E-state index in [9.17, 15) is 4.79 Å². The second-order valence-corrected chi connectivity index (χ2v) is 5.19. The number of carbonyl (C=O) groups excluding carboxylic acids is 1. The molecule has 0 atom stereocenters. The van der Waals surface area contributed by atoms with Gasteiger partial charge in [-0.1, -0.05) is 0 Å². The molecule has 0 saturated heterocycles. The number of hydrogen-bond donors (Lipinski definition) is 1. The van der Waals surface area contributed by atoms with E-state index >= 15 is 0 Å². The smallest absolute Gasteiger partial charge is 0.254 e. The van der Waals surface area contributed by atoms with Gasteiger partial charge in [0.2, 0.25) is 0 Å². The predicted molar refractivity (Wildman–Crippen MR) is 74.8 cm³/mol. The van der Waals surface area contributed by atoms with Crippen LogP contribution in [0.5, 0.6) is 0 Å². The summed E-state index contributed by atoms with van der Waals surface area (Å²) in [5.41, 5.74) is 1.56. The van der Waals surface area contributed by atoms with Gasteiger partial charge in [-0.3, -0.25) is 14.2 Å². The molecule has 0 aliphatic rings. The van der Waals surface area contributed by atoms with Crippen molar-refractivity contribution in [3.63, 3.8) is 0 Å². The molecule has 0 aliphatic carbocycles. The highest BCUT2D eigenvalue weighted by Crippen LogP contribution is 2.13. The van der Waals surface area contributed by atoms with E-state index < -0.39 is 0 Å². The fourth-order valence-corrected chi connectivity index (χ4v) is 2.01. The molecule has 0 radical (unpaired) electrons. The number of rotatable bonds is 5. The molecule has 1 N–H and O–H groups in total. The van der Waals surface area contributed by atoms with Crippen molar-refractivity contribution in [2.24, 2.45) is 7.05 Å². The summed E-state index contributed by atoms with van der Waals surface area (Å²) < 4.78 is 4.49. The average molecular weight is 326 g/mol. The van der Waals surface area contributed by atoms with E-state index in [1.807, 2.05) is 17.8 Å². The molecule has 2 aromatic rings. The molecule has 0 aromatic carbocycles. The van der Waals surface area contributed by atoms with Gasteiger partial charge in [0.1, 0.15) is 0 Å².